The average Bonchev–Trinajstić information content (AvgIpc) is 1.98. The van der Waals surface area contributed by atoms with Crippen LogP contribution < -0.4 is 0 Å². The molecule has 0 aromatic rings. The highest BCUT2D eigenvalue weighted by atomic mass is 32.2. The second-order valence-electron chi connectivity index (χ2n) is 1.67. The molecular weight excluding hydrogens is 142 g/mol. The number of thioether (sulfide) groups is 1. The van der Waals surface area contributed by atoms with Gasteiger partial charge in [0.05, 0.1) is 5.55 Å². The summed E-state index contributed by atoms with van der Waals surface area (Å²) in [5, 5.41) is 0. The van der Waals surface area contributed by atoms with Crippen molar-refractivity contribution < 1.29 is 0 Å². The van der Waals surface area contributed by atoms with Gasteiger partial charge in [0, 0.05) is 12.0 Å². The van der Waals surface area contributed by atoms with Crippen LogP contribution in [0.4, 0.5) is 0 Å². The molecule has 2 heteroatoms. The molecule has 0 spiro atoms. The summed E-state index contributed by atoms with van der Waals surface area (Å²) in [6, 6.07) is 0. The average molecular weight is 155 g/mol. The van der Waals surface area contributed by atoms with Gasteiger partial charge in [-0.2, -0.15) is 0 Å². The second-order valence-corrected chi connectivity index (χ2v) is 2.59. The molecule has 0 N–H and O–H groups in total. The third-order valence-electron chi connectivity index (χ3n) is 0.910. The second kappa shape index (κ2) is 6.62. The lowest BCUT2D eigenvalue weighted by atomic mass is 10.4. The van der Waals surface area contributed by atoms with Gasteiger partial charge in [-0.25, -0.2) is 0 Å². The van der Waals surface area contributed by atoms with Crippen LogP contribution in [-0.2, 0) is 0 Å². The third kappa shape index (κ3) is 4.39. The highest BCUT2D eigenvalue weighted by Crippen LogP contribution is 2.13. The lowest BCUT2D eigenvalue weighted by molar-refractivity contribution is 1.49. The van der Waals surface area contributed by atoms with Gasteiger partial charge in [0.25, 0.3) is 0 Å². The molecule has 10 heavy (non-hydrogen) atoms. The van der Waals surface area contributed by atoms with E-state index in [0.29, 0.717) is 0 Å². The Bertz CT molecular complexity index is 157. The lowest BCUT2D eigenvalue weighted by Crippen LogP contribution is -1.68. The normalized spacial score (nSPS) is 13.7. The van der Waals surface area contributed by atoms with E-state index in [4.69, 9.17) is 0 Å². The first-order valence-electron chi connectivity index (χ1n) is 3.21. The highest BCUT2D eigenvalue weighted by molar-refractivity contribution is 8.15. The number of hydrogen-bond acceptors (Lipinski definition) is 2. The van der Waals surface area contributed by atoms with Crippen LogP contribution in [0.1, 0.15) is 13.8 Å². The summed E-state index contributed by atoms with van der Waals surface area (Å²) >= 11 is 1.63. The fourth-order valence-corrected chi connectivity index (χ4v) is 1.06. The molecule has 0 saturated carbocycles. The first-order chi connectivity index (χ1) is 4.85. The maximum absolute atomic E-state index is 3.87. The van der Waals surface area contributed by atoms with E-state index in [2.05, 4.69) is 17.1 Å². The van der Waals surface area contributed by atoms with Gasteiger partial charge in [-0.3, -0.25) is 4.99 Å². The number of nitrogens with zero attached hydrogens (tertiary/aromatic N) is 1. The maximum Gasteiger partial charge on any atom is 0.0585 e. The summed E-state index contributed by atoms with van der Waals surface area (Å²) in [6.07, 6.45) is 6.14. The molecule has 0 heterocycles. The summed E-state index contributed by atoms with van der Waals surface area (Å²) in [6.45, 7) is 4.03. The standard InChI is InChI=1S/C8H13NS/c1-4-6-8(5-2)10-7-9-3/h4-7H,1-3H3/b6-4+,8-5+,9-7?. The largest absolute Gasteiger partial charge is 0.289 e. The van der Waals surface area contributed by atoms with Crippen molar-refractivity contribution in [3.05, 3.63) is 23.1 Å². The van der Waals surface area contributed by atoms with Crippen LogP contribution in [0.3, 0.4) is 0 Å². The minimum Gasteiger partial charge on any atom is -0.289 e. The molecule has 0 aromatic carbocycles. The predicted molar refractivity (Wildman–Crippen MR) is 50.6 cm³/mol. The zero-order valence-electron chi connectivity index (χ0n) is 6.66. The molecule has 0 aromatic heterocycles. The van der Waals surface area contributed by atoms with Crippen LogP contribution in [0.15, 0.2) is 28.1 Å². The van der Waals surface area contributed by atoms with Crippen LogP contribution in [0.2, 0.25) is 0 Å². The number of allylic oxidation sites excluding steroid dienone is 3. The zero-order valence-corrected chi connectivity index (χ0v) is 7.48. The van der Waals surface area contributed by atoms with Crippen molar-refractivity contribution in [2.45, 2.75) is 13.8 Å². The Morgan fingerprint density at radius 1 is 1.40 bits per heavy atom. The third-order valence-corrected chi connectivity index (χ3v) is 1.87. The quantitative estimate of drug-likeness (QED) is 0.347. The number of hydrogen-bond donors (Lipinski definition) is 0. The van der Waals surface area contributed by atoms with Gasteiger partial charge in [0.1, 0.15) is 0 Å². The Hall–Kier alpha value is -0.500. The molecule has 0 aliphatic heterocycles. The smallest absolute Gasteiger partial charge is 0.0585 e. The Kier molecular flexibility index (Phi) is 6.29. The van der Waals surface area contributed by atoms with Crippen LogP contribution >= 0.6 is 11.8 Å². The van der Waals surface area contributed by atoms with Gasteiger partial charge >= 0.3 is 0 Å². The fraction of sp³-hybridized carbons (Fsp3) is 0.375. The van der Waals surface area contributed by atoms with E-state index >= 15 is 0 Å². The first-order valence-corrected chi connectivity index (χ1v) is 4.09. The Labute approximate surface area is 66.9 Å². The van der Waals surface area contributed by atoms with Crippen molar-refractivity contribution >= 4 is 17.3 Å². The molecule has 0 bridgehead atoms. The molecule has 0 saturated heterocycles. The Morgan fingerprint density at radius 2 is 2.10 bits per heavy atom. The van der Waals surface area contributed by atoms with Crippen LogP contribution in [0, 0.1) is 0 Å². The molecule has 0 radical (unpaired) electrons. The first kappa shape index (κ1) is 9.50. The summed E-state index contributed by atoms with van der Waals surface area (Å²) in [7, 11) is 1.77. The Morgan fingerprint density at radius 3 is 2.50 bits per heavy atom. The van der Waals surface area contributed by atoms with Crippen molar-refractivity contribution in [3.63, 3.8) is 0 Å². The van der Waals surface area contributed by atoms with Crippen molar-refractivity contribution in [1.29, 1.82) is 0 Å². The summed E-state index contributed by atoms with van der Waals surface area (Å²) in [4.78, 5) is 5.10. The molecule has 0 aliphatic rings. The van der Waals surface area contributed by atoms with Crippen LogP contribution in [0.25, 0.3) is 0 Å². The van der Waals surface area contributed by atoms with Gasteiger partial charge in [-0.1, -0.05) is 30.0 Å². The Balaban J connectivity index is 3.85. The lowest BCUT2D eigenvalue weighted by Gasteiger charge is -1.91. The van der Waals surface area contributed by atoms with Gasteiger partial charge in [0.2, 0.25) is 0 Å². The molecule has 0 atom stereocenters. The fourth-order valence-electron chi connectivity index (χ4n) is 0.481. The summed E-state index contributed by atoms with van der Waals surface area (Å²) in [5.41, 5.74) is 1.83. The molecule has 0 fully saturated rings. The van der Waals surface area contributed by atoms with E-state index < -0.39 is 0 Å². The van der Waals surface area contributed by atoms with E-state index in [1.165, 1.54) is 4.91 Å². The van der Waals surface area contributed by atoms with Crippen LogP contribution in [-0.4, -0.2) is 12.6 Å². The summed E-state index contributed by atoms with van der Waals surface area (Å²) in [5.74, 6) is 0. The van der Waals surface area contributed by atoms with Crippen molar-refractivity contribution in [2.75, 3.05) is 7.05 Å². The SMILES string of the molecule is C/C=C/C(=C\C)SC=NC. The van der Waals surface area contributed by atoms with Crippen LogP contribution in [0.5, 0.6) is 0 Å². The van der Waals surface area contributed by atoms with Gasteiger partial charge in [-0.05, 0) is 13.8 Å². The van der Waals surface area contributed by atoms with Gasteiger partial charge < -0.3 is 0 Å². The molecule has 56 valence electrons. The van der Waals surface area contributed by atoms with Gasteiger partial charge in [0.15, 0.2) is 0 Å². The van der Waals surface area contributed by atoms with Crippen molar-refractivity contribution in [2.24, 2.45) is 4.99 Å². The van der Waals surface area contributed by atoms with E-state index in [1.54, 1.807) is 18.8 Å². The topological polar surface area (TPSA) is 12.4 Å². The van der Waals surface area contributed by atoms with Gasteiger partial charge in [-0.15, -0.1) is 0 Å². The predicted octanol–water partition coefficient (Wildman–Crippen LogP) is 2.86. The molecule has 0 amide bonds. The van der Waals surface area contributed by atoms with E-state index in [1.807, 2.05) is 25.5 Å². The zero-order chi connectivity index (χ0) is 7.82. The highest BCUT2D eigenvalue weighted by Gasteiger charge is 1.84. The van der Waals surface area contributed by atoms with E-state index in [-0.39, 0.29) is 0 Å². The number of rotatable bonds is 3. The number of aliphatic imine (C=N–C) groups is 1. The minimum atomic E-state index is 1.23. The molecule has 1 nitrogen and oxygen atoms in total. The summed E-state index contributed by atoms with van der Waals surface area (Å²) < 4.78 is 0. The van der Waals surface area contributed by atoms with E-state index in [9.17, 15) is 0 Å². The maximum atomic E-state index is 3.87. The van der Waals surface area contributed by atoms with Crippen molar-refractivity contribution in [1.82, 2.24) is 0 Å². The molecular formula is C8H13NS. The molecule has 0 unspecified atom stereocenters. The monoisotopic (exact) mass is 155 g/mol. The molecule has 0 aliphatic carbocycles. The molecule has 0 rings (SSSR count). The van der Waals surface area contributed by atoms with E-state index in [0.717, 1.165) is 0 Å². The minimum absolute atomic E-state index is 1.23. The van der Waals surface area contributed by atoms with Crippen molar-refractivity contribution in [3.8, 4) is 0 Å².